The molecular formula is C13H17BrN4. The summed E-state index contributed by atoms with van der Waals surface area (Å²) in [6.45, 7) is 3.04. The second-order valence-corrected chi connectivity index (χ2v) is 5.12. The van der Waals surface area contributed by atoms with Crippen LogP contribution in [0.15, 0.2) is 35.2 Å². The number of aryl methyl sites for hydroxylation is 1. The van der Waals surface area contributed by atoms with E-state index in [1.807, 2.05) is 24.1 Å². The highest BCUT2D eigenvalue weighted by atomic mass is 79.9. The molecule has 5 heteroatoms. The predicted molar refractivity (Wildman–Crippen MR) is 75.3 cm³/mol. The molecule has 0 spiro atoms. The number of hydrogen-bond acceptors (Lipinski definition) is 3. The highest BCUT2D eigenvalue weighted by molar-refractivity contribution is 9.10. The molecule has 0 aliphatic rings. The molecule has 4 nitrogen and oxygen atoms in total. The molecule has 0 bridgehead atoms. The van der Waals surface area contributed by atoms with E-state index in [0.29, 0.717) is 0 Å². The summed E-state index contributed by atoms with van der Waals surface area (Å²) in [4.78, 5) is 4.20. The fraction of sp³-hybridized carbons (Fsp3) is 0.385. The van der Waals surface area contributed by atoms with Crippen molar-refractivity contribution in [2.45, 2.75) is 19.4 Å². The van der Waals surface area contributed by atoms with E-state index in [1.54, 1.807) is 6.20 Å². The number of halogens is 1. The maximum Gasteiger partial charge on any atom is 0.0553 e. The topological polar surface area (TPSA) is 42.7 Å². The Bertz CT molecular complexity index is 509. The molecular weight excluding hydrogens is 292 g/mol. The van der Waals surface area contributed by atoms with Gasteiger partial charge in [-0.3, -0.25) is 9.67 Å². The van der Waals surface area contributed by atoms with Crippen molar-refractivity contribution in [2.75, 3.05) is 6.54 Å². The Balaban J connectivity index is 2.19. The first kappa shape index (κ1) is 13.2. The van der Waals surface area contributed by atoms with E-state index in [2.05, 4.69) is 50.4 Å². The molecule has 2 rings (SSSR count). The van der Waals surface area contributed by atoms with Crippen molar-refractivity contribution < 1.29 is 0 Å². The van der Waals surface area contributed by atoms with Crippen molar-refractivity contribution in [3.63, 3.8) is 0 Å². The smallest absolute Gasteiger partial charge is 0.0553 e. The number of aromatic nitrogens is 3. The average molecular weight is 309 g/mol. The minimum atomic E-state index is 0.263. The second kappa shape index (κ2) is 6.11. The molecule has 1 N–H and O–H groups in total. The Labute approximate surface area is 116 Å². The van der Waals surface area contributed by atoms with Crippen LogP contribution in [0.5, 0.6) is 0 Å². The highest BCUT2D eigenvalue weighted by Gasteiger charge is 2.14. The van der Waals surface area contributed by atoms with Gasteiger partial charge in [0.25, 0.3) is 0 Å². The summed E-state index contributed by atoms with van der Waals surface area (Å²) in [5, 5.41) is 7.72. The number of rotatable bonds is 5. The molecule has 0 aliphatic heterocycles. The van der Waals surface area contributed by atoms with Gasteiger partial charge in [0, 0.05) is 30.1 Å². The van der Waals surface area contributed by atoms with Crippen LogP contribution in [-0.4, -0.2) is 21.3 Å². The molecule has 0 radical (unpaired) electrons. The summed E-state index contributed by atoms with van der Waals surface area (Å²) in [7, 11) is 1.97. The van der Waals surface area contributed by atoms with Crippen LogP contribution < -0.4 is 5.32 Å². The Morgan fingerprint density at radius 1 is 1.44 bits per heavy atom. The zero-order valence-electron chi connectivity index (χ0n) is 10.6. The van der Waals surface area contributed by atoms with Crippen molar-refractivity contribution >= 4 is 15.9 Å². The van der Waals surface area contributed by atoms with Crippen LogP contribution in [0.4, 0.5) is 0 Å². The molecule has 2 heterocycles. The van der Waals surface area contributed by atoms with Gasteiger partial charge in [-0.05, 0) is 46.6 Å². The monoisotopic (exact) mass is 308 g/mol. The lowest BCUT2D eigenvalue weighted by atomic mass is 10.0. The first-order valence-corrected chi connectivity index (χ1v) is 6.80. The summed E-state index contributed by atoms with van der Waals surface area (Å²) in [5.41, 5.74) is 2.40. The second-order valence-electron chi connectivity index (χ2n) is 4.21. The van der Waals surface area contributed by atoms with Crippen LogP contribution in [0.1, 0.15) is 24.2 Å². The molecule has 1 unspecified atom stereocenters. The highest BCUT2D eigenvalue weighted by Crippen LogP contribution is 2.19. The van der Waals surface area contributed by atoms with Gasteiger partial charge in [0.05, 0.1) is 11.7 Å². The molecule has 2 aromatic heterocycles. The Morgan fingerprint density at radius 3 is 2.89 bits per heavy atom. The van der Waals surface area contributed by atoms with Crippen LogP contribution in [0.3, 0.4) is 0 Å². The SMILES string of the molecule is CCNC(Cc1cncc(Br)c1)c1ccnn1C. The average Bonchev–Trinajstić information content (AvgIpc) is 2.75. The lowest BCUT2D eigenvalue weighted by Gasteiger charge is -2.18. The summed E-state index contributed by atoms with van der Waals surface area (Å²) in [6, 6.07) is 4.42. The van der Waals surface area contributed by atoms with E-state index in [1.165, 1.54) is 11.3 Å². The molecule has 0 fully saturated rings. The number of hydrogen-bond donors (Lipinski definition) is 1. The normalized spacial score (nSPS) is 12.6. The Morgan fingerprint density at radius 2 is 2.28 bits per heavy atom. The minimum absolute atomic E-state index is 0.263. The van der Waals surface area contributed by atoms with E-state index < -0.39 is 0 Å². The van der Waals surface area contributed by atoms with E-state index >= 15 is 0 Å². The van der Waals surface area contributed by atoms with Crippen LogP contribution in [0.25, 0.3) is 0 Å². The zero-order valence-corrected chi connectivity index (χ0v) is 12.2. The van der Waals surface area contributed by atoms with Gasteiger partial charge in [0.15, 0.2) is 0 Å². The first-order valence-electron chi connectivity index (χ1n) is 6.01. The van der Waals surface area contributed by atoms with E-state index in [0.717, 1.165) is 17.4 Å². The van der Waals surface area contributed by atoms with Gasteiger partial charge >= 0.3 is 0 Å². The van der Waals surface area contributed by atoms with Crippen molar-refractivity contribution in [3.8, 4) is 0 Å². The number of likely N-dealkylation sites (N-methyl/N-ethyl adjacent to an activating group) is 1. The van der Waals surface area contributed by atoms with Crippen molar-refractivity contribution in [2.24, 2.45) is 7.05 Å². The molecule has 0 saturated heterocycles. The number of pyridine rings is 1. The minimum Gasteiger partial charge on any atom is -0.309 e. The quantitative estimate of drug-likeness (QED) is 0.922. The molecule has 18 heavy (non-hydrogen) atoms. The van der Waals surface area contributed by atoms with Gasteiger partial charge in [-0.25, -0.2) is 0 Å². The van der Waals surface area contributed by atoms with Crippen LogP contribution in [0, 0.1) is 0 Å². The standard InChI is InChI=1S/C13H17BrN4/c1-3-16-12(13-4-5-17-18(13)2)7-10-6-11(14)9-15-8-10/h4-6,8-9,12,16H,3,7H2,1-2H3. The van der Waals surface area contributed by atoms with Gasteiger partial charge in [0.1, 0.15) is 0 Å². The summed E-state index contributed by atoms with van der Waals surface area (Å²) in [5.74, 6) is 0. The predicted octanol–water partition coefficient (Wildman–Crippen LogP) is 2.47. The van der Waals surface area contributed by atoms with E-state index in [4.69, 9.17) is 0 Å². The van der Waals surface area contributed by atoms with Gasteiger partial charge in [0.2, 0.25) is 0 Å². The van der Waals surface area contributed by atoms with Gasteiger partial charge in [-0.2, -0.15) is 5.10 Å². The maximum atomic E-state index is 4.23. The first-order chi connectivity index (χ1) is 8.70. The maximum absolute atomic E-state index is 4.23. The third kappa shape index (κ3) is 3.17. The molecule has 96 valence electrons. The lowest BCUT2D eigenvalue weighted by molar-refractivity contribution is 0.507. The van der Waals surface area contributed by atoms with Crippen molar-refractivity contribution in [1.29, 1.82) is 0 Å². The summed E-state index contributed by atoms with van der Waals surface area (Å²) < 4.78 is 2.93. The zero-order chi connectivity index (χ0) is 13.0. The van der Waals surface area contributed by atoms with E-state index in [9.17, 15) is 0 Å². The molecule has 1 atom stereocenters. The van der Waals surface area contributed by atoms with Crippen LogP contribution >= 0.6 is 15.9 Å². The third-order valence-electron chi connectivity index (χ3n) is 2.87. The van der Waals surface area contributed by atoms with Crippen LogP contribution in [0.2, 0.25) is 0 Å². The fourth-order valence-electron chi connectivity index (χ4n) is 2.06. The van der Waals surface area contributed by atoms with Crippen molar-refractivity contribution in [1.82, 2.24) is 20.1 Å². The van der Waals surface area contributed by atoms with Gasteiger partial charge in [-0.15, -0.1) is 0 Å². The molecule has 0 aliphatic carbocycles. The lowest BCUT2D eigenvalue weighted by Crippen LogP contribution is -2.25. The molecule has 0 amide bonds. The van der Waals surface area contributed by atoms with Gasteiger partial charge in [-0.1, -0.05) is 6.92 Å². The van der Waals surface area contributed by atoms with Crippen molar-refractivity contribution in [3.05, 3.63) is 46.5 Å². The Kier molecular flexibility index (Phi) is 4.49. The molecule has 2 aromatic rings. The molecule has 0 saturated carbocycles. The Hall–Kier alpha value is -1.20. The molecule has 0 aromatic carbocycles. The van der Waals surface area contributed by atoms with Gasteiger partial charge < -0.3 is 5.32 Å². The summed E-state index contributed by atoms with van der Waals surface area (Å²) >= 11 is 3.45. The number of nitrogens with one attached hydrogen (secondary N) is 1. The number of nitrogens with zero attached hydrogens (tertiary/aromatic N) is 3. The van der Waals surface area contributed by atoms with E-state index in [-0.39, 0.29) is 6.04 Å². The third-order valence-corrected chi connectivity index (χ3v) is 3.30. The van der Waals surface area contributed by atoms with Crippen LogP contribution in [-0.2, 0) is 13.5 Å². The largest absolute Gasteiger partial charge is 0.309 e. The fourth-order valence-corrected chi connectivity index (χ4v) is 2.47. The summed E-state index contributed by atoms with van der Waals surface area (Å²) in [6.07, 6.45) is 6.44.